The Morgan fingerprint density at radius 1 is 1.21 bits per heavy atom. The molecular formula is C11H13NO2. The van der Waals surface area contributed by atoms with Gasteiger partial charge in [0, 0.05) is 5.56 Å². The first-order valence-corrected chi connectivity index (χ1v) is 4.54. The van der Waals surface area contributed by atoms with Gasteiger partial charge in [-0.15, -0.1) is 0 Å². The first-order valence-electron chi connectivity index (χ1n) is 4.54. The van der Waals surface area contributed by atoms with Gasteiger partial charge in [0.05, 0.1) is 12.3 Å². The molecule has 1 atom stereocenters. The smallest absolute Gasteiger partial charge is 0.125 e. The van der Waals surface area contributed by atoms with E-state index in [1.807, 2.05) is 32.0 Å². The minimum absolute atomic E-state index is 0.234. The molecule has 2 aromatic heterocycles. The number of aryl methyl sites for hydroxylation is 2. The highest BCUT2D eigenvalue weighted by Gasteiger charge is 2.16. The second-order valence-electron chi connectivity index (χ2n) is 3.36. The van der Waals surface area contributed by atoms with Gasteiger partial charge in [0.1, 0.15) is 17.3 Å². The molecule has 0 aliphatic heterocycles. The van der Waals surface area contributed by atoms with Crippen LogP contribution in [0.4, 0.5) is 0 Å². The number of hydrogen-bond acceptors (Lipinski definition) is 3. The van der Waals surface area contributed by atoms with Crippen LogP contribution < -0.4 is 5.73 Å². The summed E-state index contributed by atoms with van der Waals surface area (Å²) < 4.78 is 10.6. The zero-order chi connectivity index (χ0) is 10.1. The van der Waals surface area contributed by atoms with E-state index in [2.05, 4.69) is 0 Å². The van der Waals surface area contributed by atoms with Crippen LogP contribution >= 0.6 is 0 Å². The second kappa shape index (κ2) is 3.35. The van der Waals surface area contributed by atoms with Crippen LogP contribution in [0.3, 0.4) is 0 Å². The Kier molecular flexibility index (Phi) is 2.17. The molecule has 0 amide bonds. The lowest BCUT2D eigenvalue weighted by Crippen LogP contribution is -2.10. The molecule has 2 N–H and O–H groups in total. The van der Waals surface area contributed by atoms with Gasteiger partial charge in [0.2, 0.25) is 0 Å². The van der Waals surface area contributed by atoms with Crippen LogP contribution in [0, 0.1) is 13.8 Å². The molecule has 0 spiro atoms. The lowest BCUT2D eigenvalue weighted by molar-refractivity contribution is 0.461. The van der Waals surface area contributed by atoms with Crippen molar-refractivity contribution in [2.24, 2.45) is 5.73 Å². The SMILES string of the molecule is Cc1ccc(C(N)c2ccoc2C)o1. The molecule has 1 unspecified atom stereocenters. The van der Waals surface area contributed by atoms with E-state index < -0.39 is 0 Å². The van der Waals surface area contributed by atoms with E-state index in [4.69, 9.17) is 14.6 Å². The summed E-state index contributed by atoms with van der Waals surface area (Å²) >= 11 is 0. The number of nitrogens with two attached hydrogens (primary N) is 1. The van der Waals surface area contributed by atoms with Crippen LogP contribution in [-0.2, 0) is 0 Å². The molecule has 0 saturated heterocycles. The van der Waals surface area contributed by atoms with E-state index in [9.17, 15) is 0 Å². The quantitative estimate of drug-likeness (QED) is 0.793. The fraction of sp³-hybridized carbons (Fsp3) is 0.273. The topological polar surface area (TPSA) is 52.3 Å². The van der Waals surface area contributed by atoms with Crippen molar-refractivity contribution in [3.05, 3.63) is 47.3 Å². The van der Waals surface area contributed by atoms with Gasteiger partial charge in [-0.1, -0.05) is 0 Å². The summed E-state index contributed by atoms with van der Waals surface area (Å²) in [7, 11) is 0. The first kappa shape index (κ1) is 9.09. The van der Waals surface area contributed by atoms with Crippen molar-refractivity contribution in [3.8, 4) is 0 Å². The average Bonchev–Trinajstić information content (AvgIpc) is 2.73. The third-order valence-electron chi connectivity index (χ3n) is 2.30. The Morgan fingerprint density at radius 3 is 2.50 bits per heavy atom. The highest BCUT2D eigenvalue weighted by molar-refractivity contribution is 5.27. The molecule has 0 radical (unpaired) electrons. The fourth-order valence-corrected chi connectivity index (χ4v) is 1.49. The van der Waals surface area contributed by atoms with Crippen molar-refractivity contribution in [2.45, 2.75) is 19.9 Å². The average molecular weight is 191 g/mol. The molecule has 2 heterocycles. The highest BCUT2D eigenvalue weighted by atomic mass is 16.3. The molecule has 2 aromatic rings. The molecule has 0 aliphatic rings. The molecule has 0 aliphatic carbocycles. The normalized spacial score (nSPS) is 13.1. The van der Waals surface area contributed by atoms with E-state index in [0.29, 0.717) is 0 Å². The zero-order valence-electron chi connectivity index (χ0n) is 8.28. The van der Waals surface area contributed by atoms with Crippen LogP contribution in [0.15, 0.2) is 33.3 Å². The molecular weight excluding hydrogens is 178 g/mol. The summed E-state index contributed by atoms with van der Waals surface area (Å²) in [5.41, 5.74) is 6.99. The molecule has 74 valence electrons. The molecule has 0 saturated carbocycles. The van der Waals surface area contributed by atoms with Gasteiger partial charge < -0.3 is 14.6 Å². The van der Waals surface area contributed by atoms with Crippen molar-refractivity contribution in [3.63, 3.8) is 0 Å². The summed E-state index contributed by atoms with van der Waals surface area (Å²) in [6, 6.07) is 5.44. The predicted molar refractivity (Wildman–Crippen MR) is 52.9 cm³/mol. The Bertz CT molecular complexity index is 428. The maximum Gasteiger partial charge on any atom is 0.125 e. The van der Waals surface area contributed by atoms with Gasteiger partial charge in [-0.3, -0.25) is 0 Å². The molecule has 0 bridgehead atoms. The van der Waals surface area contributed by atoms with Gasteiger partial charge in [0.25, 0.3) is 0 Å². The Balaban J connectivity index is 2.33. The van der Waals surface area contributed by atoms with Crippen molar-refractivity contribution in [2.75, 3.05) is 0 Å². The number of hydrogen-bond donors (Lipinski definition) is 1. The van der Waals surface area contributed by atoms with Crippen LogP contribution in [0.25, 0.3) is 0 Å². The van der Waals surface area contributed by atoms with Crippen LogP contribution in [-0.4, -0.2) is 0 Å². The third kappa shape index (κ3) is 1.46. The summed E-state index contributed by atoms with van der Waals surface area (Å²) in [6.07, 6.45) is 1.64. The van der Waals surface area contributed by atoms with Gasteiger partial charge in [-0.25, -0.2) is 0 Å². The maximum absolute atomic E-state index is 6.02. The first-order chi connectivity index (χ1) is 6.68. The van der Waals surface area contributed by atoms with Gasteiger partial charge >= 0.3 is 0 Å². The minimum atomic E-state index is -0.234. The van der Waals surface area contributed by atoms with Crippen LogP contribution in [0.2, 0.25) is 0 Å². The van der Waals surface area contributed by atoms with E-state index >= 15 is 0 Å². The monoisotopic (exact) mass is 191 g/mol. The van der Waals surface area contributed by atoms with Crippen molar-refractivity contribution in [1.82, 2.24) is 0 Å². The van der Waals surface area contributed by atoms with Crippen LogP contribution in [0.5, 0.6) is 0 Å². The molecule has 3 heteroatoms. The van der Waals surface area contributed by atoms with Gasteiger partial charge in [-0.05, 0) is 32.0 Å². The van der Waals surface area contributed by atoms with Crippen LogP contribution in [0.1, 0.15) is 28.9 Å². The maximum atomic E-state index is 6.02. The van der Waals surface area contributed by atoms with E-state index in [1.165, 1.54) is 0 Å². The number of rotatable bonds is 2. The lowest BCUT2D eigenvalue weighted by atomic mass is 10.1. The Hall–Kier alpha value is -1.48. The zero-order valence-corrected chi connectivity index (χ0v) is 8.28. The summed E-state index contributed by atoms with van der Waals surface area (Å²) in [6.45, 7) is 3.80. The van der Waals surface area contributed by atoms with Gasteiger partial charge in [0.15, 0.2) is 0 Å². The molecule has 0 fully saturated rings. The lowest BCUT2D eigenvalue weighted by Gasteiger charge is -2.06. The predicted octanol–water partition coefficient (Wildman–Crippen LogP) is 2.54. The van der Waals surface area contributed by atoms with Gasteiger partial charge in [-0.2, -0.15) is 0 Å². The highest BCUT2D eigenvalue weighted by Crippen LogP contribution is 2.24. The molecule has 0 aromatic carbocycles. The molecule has 2 rings (SSSR count). The van der Waals surface area contributed by atoms with Crippen molar-refractivity contribution < 1.29 is 8.83 Å². The van der Waals surface area contributed by atoms with E-state index in [0.717, 1.165) is 22.8 Å². The van der Waals surface area contributed by atoms with E-state index in [1.54, 1.807) is 6.26 Å². The molecule has 3 nitrogen and oxygen atoms in total. The van der Waals surface area contributed by atoms with Crippen molar-refractivity contribution in [1.29, 1.82) is 0 Å². The second-order valence-corrected chi connectivity index (χ2v) is 3.36. The summed E-state index contributed by atoms with van der Waals surface area (Å²) in [5.74, 6) is 2.48. The van der Waals surface area contributed by atoms with Crippen molar-refractivity contribution >= 4 is 0 Å². The Labute approximate surface area is 82.5 Å². The minimum Gasteiger partial charge on any atom is -0.469 e. The summed E-state index contributed by atoms with van der Waals surface area (Å²) in [4.78, 5) is 0. The standard InChI is InChI=1S/C11H13NO2/c1-7-3-4-10(14-7)11(12)9-5-6-13-8(9)2/h3-6,11H,12H2,1-2H3. The Morgan fingerprint density at radius 2 is 2.00 bits per heavy atom. The fourth-order valence-electron chi connectivity index (χ4n) is 1.49. The third-order valence-corrected chi connectivity index (χ3v) is 2.30. The summed E-state index contributed by atoms with van der Waals surface area (Å²) in [5, 5.41) is 0. The number of furan rings is 2. The molecule has 14 heavy (non-hydrogen) atoms. The van der Waals surface area contributed by atoms with E-state index in [-0.39, 0.29) is 6.04 Å². The largest absolute Gasteiger partial charge is 0.469 e.